The van der Waals surface area contributed by atoms with Gasteiger partial charge in [-0.2, -0.15) is 0 Å². The maximum Gasteiger partial charge on any atom is 0.221 e. The first-order valence-electron chi connectivity index (χ1n) is 6.37. The Labute approximate surface area is 125 Å². The molecule has 5 nitrogen and oxygen atoms in total. The highest BCUT2D eigenvalue weighted by atomic mass is 32.1. The van der Waals surface area contributed by atoms with Crippen molar-refractivity contribution in [1.82, 2.24) is 9.97 Å². The normalized spacial score (nSPS) is 10.6. The van der Waals surface area contributed by atoms with Crippen molar-refractivity contribution in [2.45, 2.75) is 13.8 Å². The number of hydrogen-bond donors (Lipinski definition) is 1. The molecular weight excluding hydrogens is 286 g/mol. The third-order valence-corrected chi connectivity index (χ3v) is 3.80. The lowest BCUT2D eigenvalue weighted by Crippen LogP contribution is -2.05. The molecule has 1 N–H and O–H groups in total. The molecule has 0 atom stereocenters. The van der Waals surface area contributed by atoms with E-state index in [1.807, 2.05) is 36.6 Å². The number of amides is 1. The topological polar surface area (TPSA) is 68.0 Å². The molecule has 0 aliphatic carbocycles. The Morgan fingerprint density at radius 1 is 1.38 bits per heavy atom. The van der Waals surface area contributed by atoms with Gasteiger partial charge in [0.25, 0.3) is 0 Å². The largest absolute Gasteiger partial charge is 0.442 e. The number of aryl methyl sites for hydroxylation is 1. The van der Waals surface area contributed by atoms with Crippen molar-refractivity contribution >= 4 is 22.9 Å². The Morgan fingerprint density at radius 3 is 2.95 bits per heavy atom. The van der Waals surface area contributed by atoms with Gasteiger partial charge in [-0.25, -0.2) is 9.97 Å². The zero-order chi connectivity index (χ0) is 14.8. The van der Waals surface area contributed by atoms with E-state index in [1.165, 1.54) is 24.7 Å². The Bertz CT molecular complexity index is 792. The first-order chi connectivity index (χ1) is 10.1. The number of hydrogen-bond acceptors (Lipinski definition) is 5. The summed E-state index contributed by atoms with van der Waals surface area (Å²) in [5.74, 6) is 0.597. The molecule has 0 aliphatic rings. The summed E-state index contributed by atoms with van der Waals surface area (Å²) >= 11 is 1.53. The van der Waals surface area contributed by atoms with Crippen LogP contribution < -0.4 is 5.32 Å². The lowest BCUT2D eigenvalue weighted by atomic mass is 10.2. The molecule has 1 amide bonds. The first-order valence-corrected chi connectivity index (χ1v) is 7.25. The van der Waals surface area contributed by atoms with Crippen molar-refractivity contribution in [2.75, 3.05) is 5.32 Å². The smallest absolute Gasteiger partial charge is 0.221 e. The minimum absolute atomic E-state index is 0.0933. The number of carbonyl (C=O) groups is 1. The van der Waals surface area contributed by atoms with Gasteiger partial charge in [0.1, 0.15) is 10.7 Å². The van der Waals surface area contributed by atoms with Gasteiger partial charge in [0.05, 0.1) is 5.69 Å². The van der Waals surface area contributed by atoms with E-state index in [4.69, 9.17) is 4.42 Å². The van der Waals surface area contributed by atoms with Crippen LogP contribution in [0.1, 0.15) is 12.6 Å². The van der Waals surface area contributed by atoms with E-state index in [-0.39, 0.29) is 5.91 Å². The second kappa shape index (κ2) is 5.49. The molecule has 0 spiro atoms. The van der Waals surface area contributed by atoms with Crippen LogP contribution in [0.15, 0.2) is 40.5 Å². The predicted octanol–water partition coefficient (Wildman–Crippen LogP) is 3.73. The molecule has 0 unspecified atom stereocenters. The fourth-order valence-electron chi connectivity index (χ4n) is 1.99. The summed E-state index contributed by atoms with van der Waals surface area (Å²) in [6, 6.07) is 7.60. The quantitative estimate of drug-likeness (QED) is 0.800. The van der Waals surface area contributed by atoms with E-state index in [2.05, 4.69) is 15.3 Å². The van der Waals surface area contributed by atoms with Gasteiger partial charge in [-0.3, -0.25) is 4.79 Å². The number of benzene rings is 1. The van der Waals surface area contributed by atoms with Gasteiger partial charge in [-0.05, 0) is 19.1 Å². The summed E-state index contributed by atoms with van der Waals surface area (Å²) in [5.41, 5.74) is 3.30. The van der Waals surface area contributed by atoms with Crippen LogP contribution in [0.3, 0.4) is 0 Å². The standard InChI is InChI=1S/C15H13N3O2S/c1-9-14(20-8-16-9)13-7-21-15(18-13)11-4-3-5-12(6-11)17-10(2)19/h3-8H,1-2H3,(H,17,19). The lowest BCUT2D eigenvalue weighted by Gasteiger charge is -2.03. The summed E-state index contributed by atoms with van der Waals surface area (Å²) < 4.78 is 5.35. The van der Waals surface area contributed by atoms with Crippen LogP contribution >= 0.6 is 11.3 Å². The Morgan fingerprint density at radius 2 is 2.24 bits per heavy atom. The highest BCUT2D eigenvalue weighted by Crippen LogP contribution is 2.31. The fraction of sp³-hybridized carbons (Fsp3) is 0.133. The number of nitrogens with zero attached hydrogens (tertiary/aromatic N) is 2. The Balaban J connectivity index is 1.93. The average Bonchev–Trinajstić information content (AvgIpc) is 3.06. The Kier molecular flexibility index (Phi) is 3.53. The molecule has 1 aromatic carbocycles. The molecule has 0 saturated carbocycles. The van der Waals surface area contributed by atoms with Gasteiger partial charge >= 0.3 is 0 Å². The van der Waals surface area contributed by atoms with Crippen LogP contribution in [0.5, 0.6) is 0 Å². The number of anilines is 1. The molecule has 3 rings (SSSR count). The Hall–Kier alpha value is -2.47. The molecule has 106 valence electrons. The molecule has 0 radical (unpaired) electrons. The predicted molar refractivity (Wildman–Crippen MR) is 82.1 cm³/mol. The molecular formula is C15H13N3O2S. The van der Waals surface area contributed by atoms with E-state index in [0.717, 1.165) is 27.6 Å². The van der Waals surface area contributed by atoms with Crippen LogP contribution in [-0.2, 0) is 4.79 Å². The molecule has 2 aromatic heterocycles. The van der Waals surface area contributed by atoms with Crippen LogP contribution in [0.25, 0.3) is 22.0 Å². The molecule has 0 bridgehead atoms. The van der Waals surface area contributed by atoms with Gasteiger partial charge in [-0.15, -0.1) is 11.3 Å². The van der Waals surface area contributed by atoms with Gasteiger partial charge in [0, 0.05) is 23.6 Å². The summed E-state index contributed by atoms with van der Waals surface area (Å²) in [7, 11) is 0. The summed E-state index contributed by atoms with van der Waals surface area (Å²) in [5, 5.41) is 5.57. The highest BCUT2D eigenvalue weighted by molar-refractivity contribution is 7.13. The van der Waals surface area contributed by atoms with Crippen LogP contribution in [0, 0.1) is 6.92 Å². The van der Waals surface area contributed by atoms with Crippen molar-refractivity contribution in [1.29, 1.82) is 0 Å². The van der Waals surface area contributed by atoms with Crippen LogP contribution in [0.4, 0.5) is 5.69 Å². The molecule has 0 aliphatic heterocycles. The van der Waals surface area contributed by atoms with Gasteiger partial charge in [-0.1, -0.05) is 12.1 Å². The van der Waals surface area contributed by atoms with Crippen molar-refractivity contribution in [2.24, 2.45) is 0 Å². The third kappa shape index (κ3) is 2.85. The zero-order valence-corrected chi connectivity index (χ0v) is 12.4. The minimum Gasteiger partial charge on any atom is -0.442 e. The van der Waals surface area contributed by atoms with Gasteiger partial charge in [0.2, 0.25) is 5.91 Å². The van der Waals surface area contributed by atoms with Crippen LogP contribution in [-0.4, -0.2) is 15.9 Å². The summed E-state index contributed by atoms with van der Waals surface area (Å²) in [6.45, 7) is 3.37. The van der Waals surface area contributed by atoms with Crippen molar-refractivity contribution < 1.29 is 9.21 Å². The van der Waals surface area contributed by atoms with Crippen molar-refractivity contribution in [3.8, 4) is 22.0 Å². The van der Waals surface area contributed by atoms with Crippen LogP contribution in [0.2, 0.25) is 0 Å². The van der Waals surface area contributed by atoms with E-state index >= 15 is 0 Å². The minimum atomic E-state index is -0.0933. The van der Waals surface area contributed by atoms with E-state index in [1.54, 1.807) is 0 Å². The molecule has 0 fully saturated rings. The molecule has 2 heterocycles. The maximum atomic E-state index is 11.1. The maximum absolute atomic E-state index is 11.1. The molecule has 0 saturated heterocycles. The van der Waals surface area contributed by atoms with E-state index in [9.17, 15) is 4.79 Å². The second-order valence-electron chi connectivity index (χ2n) is 4.57. The second-order valence-corrected chi connectivity index (χ2v) is 5.42. The molecule has 6 heteroatoms. The summed E-state index contributed by atoms with van der Waals surface area (Å²) in [6.07, 6.45) is 1.42. The van der Waals surface area contributed by atoms with E-state index in [0.29, 0.717) is 5.76 Å². The van der Waals surface area contributed by atoms with Crippen molar-refractivity contribution in [3.05, 3.63) is 41.7 Å². The number of carbonyl (C=O) groups excluding carboxylic acids is 1. The number of thiazole rings is 1. The number of aromatic nitrogens is 2. The fourth-order valence-corrected chi connectivity index (χ4v) is 2.79. The zero-order valence-electron chi connectivity index (χ0n) is 11.6. The number of nitrogens with one attached hydrogen (secondary N) is 1. The average molecular weight is 299 g/mol. The monoisotopic (exact) mass is 299 g/mol. The summed E-state index contributed by atoms with van der Waals surface area (Å²) in [4.78, 5) is 19.8. The lowest BCUT2D eigenvalue weighted by molar-refractivity contribution is -0.114. The van der Waals surface area contributed by atoms with E-state index < -0.39 is 0 Å². The number of oxazole rings is 1. The third-order valence-electron chi connectivity index (χ3n) is 2.91. The SMILES string of the molecule is CC(=O)Nc1cccc(-c2nc(-c3ocnc3C)cs2)c1. The molecule has 3 aromatic rings. The van der Waals surface area contributed by atoms with Crippen molar-refractivity contribution in [3.63, 3.8) is 0 Å². The molecule has 21 heavy (non-hydrogen) atoms. The van der Waals surface area contributed by atoms with Gasteiger partial charge in [0.15, 0.2) is 12.2 Å². The highest BCUT2D eigenvalue weighted by Gasteiger charge is 2.12. The number of rotatable bonds is 3. The first kappa shape index (κ1) is 13.5. The van der Waals surface area contributed by atoms with Gasteiger partial charge < -0.3 is 9.73 Å².